The summed E-state index contributed by atoms with van der Waals surface area (Å²) in [5.41, 5.74) is 2.73. The summed E-state index contributed by atoms with van der Waals surface area (Å²) in [5.74, 6) is 0.405. The number of nitrogens with zero attached hydrogens (tertiary/aromatic N) is 1. The van der Waals surface area contributed by atoms with Crippen LogP contribution < -0.4 is 0 Å². The van der Waals surface area contributed by atoms with Crippen LogP contribution in [0.2, 0.25) is 5.02 Å². The molecule has 0 aliphatic carbocycles. The third-order valence-corrected chi connectivity index (χ3v) is 4.91. The van der Waals surface area contributed by atoms with E-state index >= 15 is 0 Å². The van der Waals surface area contributed by atoms with Gasteiger partial charge in [0.2, 0.25) is 0 Å². The molecule has 2 aromatic carbocycles. The van der Waals surface area contributed by atoms with Crippen LogP contribution in [0.3, 0.4) is 0 Å². The highest BCUT2D eigenvalue weighted by Crippen LogP contribution is 2.36. The van der Waals surface area contributed by atoms with Crippen molar-refractivity contribution in [2.24, 2.45) is 0 Å². The lowest BCUT2D eigenvalue weighted by atomic mass is 9.87. The first-order valence-electron chi connectivity index (χ1n) is 7.65. The minimum atomic E-state index is 0.405. The second-order valence-corrected chi connectivity index (χ2v) is 7.08. The Balaban J connectivity index is 2.33. The average molecular weight is 334 g/mol. The van der Waals surface area contributed by atoms with E-state index in [0.29, 0.717) is 5.92 Å². The topological polar surface area (TPSA) is 3.24 Å². The van der Waals surface area contributed by atoms with Crippen molar-refractivity contribution in [3.05, 3.63) is 64.7 Å². The summed E-state index contributed by atoms with van der Waals surface area (Å²) in [7, 11) is 4.26. The molecule has 2 aromatic rings. The molecule has 0 aliphatic rings. The predicted molar refractivity (Wildman–Crippen MR) is 99.3 cm³/mol. The van der Waals surface area contributed by atoms with Crippen LogP contribution >= 0.6 is 23.4 Å². The number of thioether (sulfide) groups is 1. The lowest BCUT2D eigenvalue weighted by Crippen LogP contribution is -2.14. The Kier molecular flexibility index (Phi) is 6.81. The lowest BCUT2D eigenvalue weighted by molar-refractivity contribution is 0.389. The zero-order chi connectivity index (χ0) is 15.9. The Bertz CT molecular complexity index is 583. The van der Waals surface area contributed by atoms with Crippen molar-refractivity contribution in [3.8, 4) is 0 Å². The van der Waals surface area contributed by atoms with E-state index in [1.165, 1.54) is 22.4 Å². The molecule has 0 spiro atoms. The van der Waals surface area contributed by atoms with E-state index < -0.39 is 0 Å². The number of hydrogen-bond donors (Lipinski definition) is 0. The molecule has 22 heavy (non-hydrogen) atoms. The van der Waals surface area contributed by atoms with E-state index in [9.17, 15) is 0 Å². The summed E-state index contributed by atoms with van der Waals surface area (Å²) in [6.07, 6.45) is 4.44. The number of hydrogen-bond acceptors (Lipinski definition) is 2. The maximum atomic E-state index is 6.27. The van der Waals surface area contributed by atoms with E-state index in [1.54, 1.807) is 11.8 Å². The lowest BCUT2D eigenvalue weighted by Gasteiger charge is -2.22. The highest BCUT2D eigenvalue weighted by molar-refractivity contribution is 7.98. The average Bonchev–Trinajstić information content (AvgIpc) is 2.52. The van der Waals surface area contributed by atoms with Crippen LogP contribution in [0, 0.1) is 0 Å². The number of rotatable bonds is 7. The molecule has 0 bridgehead atoms. The maximum Gasteiger partial charge on any atom is 0.0409 e. The Labute approximate surface area is 143 Å². The van der Waals surface area contributed by atoms with Crippen LogP contribution in [0.5, 0.6) is 0 Å². The summed E-state index contributed by atoms with van der Waals surface area (Å²) in [6, 6.07) is 17.0. The zero-order valence-electron chi connectivity index (χ0n) is 13.6. The summed E-state index contributed by atoms with van der Waals surface area (Å²) in [4.78, 5) is 3.57. The van der Waals surface area contributed by atoms with Gasteiger partial charge in [0, 0.05) is 15.8 Å². The largest absolute Gasteiger partial charge is 0.309 e. The molecule has 118 valence electrons. The van der Waals surface area contributed by atoms with Gasteiger partial charge in [-0.1, -0.05) is 41.9 Å². The fraction of sp³-hybridized carbons (Fsp3) is 0.368. The maximum absolute atomic E-state index is 6.27. The summed E-state index contributed by atoms with van der Waals surface area (Å²) in [6.45, 7) is 1.11. The minimum Gasteiger partial charge on any atom is -0.309 e. The molecule has 1 atom stereocenters. The van der Waals surface area contributed by atoms with Gasteiger partial charge in [0.1, 0.15) is 0 Å². The van der Waals surface area contributed by atoms with Gasteiger partial charge in [0.15, 0.2) is 0 Å². The van der Waals surface area contributed by atoms with Gasteiger partial charge in [-0.05, 0) is 69.1 Å². The van der Waals surface area contributed by atoms with Gasteiger partial charge in [0.25, 0.3) is 0 Å². The molecule has 0 fully saturated rings. The Morgan fingerprint density at radius 1 is 1.09 bits per heavy atom. The van der Waals surface area contributed by atoms with E-state index in [4.69, 9.17) is 11.6 Å². The first-order valence-corrected chi connectivity index (χ1v) is 9.25. The van der Waals surface area contributed by atoms with Crippen molar-refractivity contribution in [2.45, 2.75) is 23.7 Å². The fourth-order valence-corrected chi connectivity index (χ4v) is 3.60. The Morgan fingerprint density at radius 3 is 2.45 bits per heavy atom. The first-order chi connectivity index (χ1) is 10.6. The van der Waals surface area contributed by atoms with Gasteiger partial charge < -0.3 is 4.90 Å². The fourth-order valence-electron chi connectivity index (χ4n) is 2.78. The SMILES string of the molecule is CSc1ccc(Cl)cc1C(CCCN(C)C)c1ccccc1. The molecule has 2 rings (SSSR count). The van der Waals surface area contributed by atoms with Crippen LogP contribution in [0.25, 0.3) is 0 Å². The summed E-state index contributed by atoms with van der Waals surface area (Å²) < 4.78 is 0. The predicted octanol–water partition coefficient (Wildman–Crippen LogP) is 5.54. The quantitative estimate of drug-likeness (QED) is 0.612. The van der Waals surface area contributed by atoms with E-state index in [2.05, 4.69) is 67.7 Å². The van der Waals surface area contributed by atoms with Gasteiger partial charge in [0.05, 0.1) is 0 Å². The molecule has 0 aromatic heterocycles. The van der Waals surface area contributed by atoms with Gasteiger partial charge >= 0.3 is 0 Å². The highest BCUT2D eigenvalue weighted by atomic mass is 35.5. The Morgan fingerprint density at radius 2 is 1.82 bits per heavy atom. The van der Waals surface area contributed by atoms with Crippen molar-refractivity contribution in [3.63, 3.8) is 0 Å². The van der Waals surface area contributed by atoms with Gasteiger partial charge in [-0.2, -0.15) is 0 Å². The molecule has 0 N–H and O–H groups in total. The third-order valence-electron chi connectivity index (χ3n) is 3.87. The molecule has 0 heterocycles. The van der Waals surface area contributed by atoms with Crippen molar-refractivity contribution < 1.29 is 0 Å². The normalized spacial score (nSPS) is 12.6. The van der Waals surface area contributed by atoms with E-state index in [-0.39, 0.29) is 0 Å². The van der Waals surface area contributed by atoms with Crippen LogP contribution in [-0.2, 0) is 0 Å². The molecule has 0 saturated heterocycles. The van der Waals surface area contributed by atoms with Gasteiger partial charge in [-0.25, -0.2) is 0 Å². The summed E-state index contributed by atoms with van der Waals surface area (Å²) >= 11 is 8.07. The van der Waals surface area contributed by atoms with Crippen LogP contribution in [0.15, 0.2) is 53.4 Å². The molecule has 1 nitrogen and oxygen atoms in total. The van der Waals surface area contributed by atoms with Crippen LogP contribution in [-0.4, -0.2) is 31.8 Å². The molecule has 0 saturated carbocycles. The molecule has 1 unspecified atom stereocenters. The van der Waals surface area contributed by atoms with Crippen molar-refractivity contribution in [1.82, 2.24) is 4.90 Å². The molecule has 0 aliphatic heterocycles. The molecule has 3 heteroatoms. The zero-order valence-corrected chi connectivity index (χ0v) is 15.1. The highest BCUT2D eigenvalue weighted by Gasteiger charge is 2.17. The minimum absolute atomic E-state index is 0.405. The molecular formula is C19H24ClNS. The van der Waals surface area contributed by atoms with Crippen LogP contribution in [0.4, 0.5) is 0 Å². The Hall–Kier alpha value is -0.960. The second kappa shape index (κ2) is 8.61. The van der Waals surface area contributed by atoms with Crippen LogP contribution in [0.1, 0.15) is 29.9 Å². The molecular weight excluding hydrogens is 310 g/mol. The van der Waals surface area contributed by atoms with E-state index in [0.717, 1.165) is 18.0 Å². The smallest absolute Gasteiger partial charge is 0.0409 e. The van der Waals surface area contributed by atoms with Crippen molar-refractivity contribution >= 4 is 23.4 Å². The second-order valence-electron chi connectivity index (χ2n) is 5.80. The number of halogens is 1. The third kappa shape index (κ3) is 4.77. The standard InChI is InChI=1S/C19H24ClNS/c1-21(2)13-7-10-17(15-8-5-4-6-9-15)18-14-16(20)11-12-19(18)22-3/h4-6,8-9,11-12,14,17H,7,10,13H2,1-3H3. The van der Waals surface area contributed by atoms with Gasteiger partial charge in [-0.3, -0.25) is 0 Å². The van der Waals surface area contributed by atoms with Crippen molar-refractivity contribution in [2.75, 3.05) is 26.9 Å². The van der Waals surface area contributed by atoms with Crippen molar-refractivity contribution in [1.29, 1.82) is 0 Å². The number of benzene rings is 2. The molecule has 0 amide bonds. The first kappa shape index (κ1) is 17.4. The monoisotopic (exact) mass is 333 g/mol. The molecule has 0 radical (unpaired) electrons. The summed E-state index contributed by atoms with van der Waals surface area (Å²) in [5, 5.41) is 0.821. The van der Waals surface area contributed by atoms with E-state index in [1.807, 2.05) is 6.07 Å². The van der Waals surface area contributed by atoms with Gasteiger partial charge in [-0.15, -0.1) is 11.8 Å².